The molecule has 1 rings (SSSR count). The van der Waals surface area contributed by atoms with E-state index in [4.69, 9.17) is 4.74 Å². The van der Waals surface area contributed by atoms with Gasteiger partial charge in [-0.05, 0) is 31.5 Å². The Bertz CT molecular complexity index is 346. The molecule has 0 saturated heterocycles. The predicted molar refractivity (Wildman–Crippen MR) is 68.9 cm³/mol. The van der Waals surface area contributed by atoms with Gasteiger partial charge in [-0.1, -0.05) is 31.2 Å². The van der Waals surface area contributed by atoms with Gasteiger partial charge in [0.15, 0.2) is 0 Å². The number of hydrogen-bond donors (Lipinski definition) is 1. The summed E-state index contributed by atoms with van der Waals surface area (Å²) in [5.41, 5.74) is 2.43. The summed E-state index contributed by atoms with van der Waals surface area (Å²) in [6.45, 7) is 4.38. The van der Waals surface area contributed by atoms with E-state index in [-0.39, 0.29) is 12.0 Å². The number of hydrogen-bond acceptors (Lipinski definition) is 3. The van der Waals surface area contributed by atoms with Crippen LogP contribution in [-0.2, 0) is 16.0 Å². The van der Waals surface area contributed by atoms with Crippen molar-refractivity contribution in [3.63, 3.8) is 0 Å². The lowest BCUT2D eigenvalue weighted by Crippen LogP contribution is -2.21. The molecule has 0 aliphatic rings. The predicted octanol–water partition coefficient (Wildman–Crippen LogP) is 2.46. The molecule has 3 nitrogen and oxygen atoms in total. The highest BCUT2D eigenvalue weighted by atomic mass is 16.5. The maximum atomic E-state index is 11.4. The average Bonchev–Trinajstić information content (AvgIpc) is 2.36. The first-order valence-electron chi connectivity index (χ1n) is 6.13. The molecule has 1 atom stereocenters. The highest BCUT2D eigenvalue weighted by Gasteiger charge is 2.14. The van der Waals surface area contributed by atoms with Crippen LogP contribution in [0.1, 0.15) is 37.4 Å². The topological polar surface area (TPSA) is 38.3 Å². The van der Waals surface area contributed by atoms with Gasteiger partial charge in [0.1, 0.15) is 0 Å². The SMILES string of the molecule is CCOC(=O)CC(NC)c1ccc(CC)cc1. The minimum absolute atomic E-state index is 0.0277. The van der Waals surface area contributed by atoms with Crippen LogP contribution in [0.15, 0.2) is 24.3 Å². The molecule has 0 aliphatic heterocycles. The number of esters is 1. The van der Waals surface area contributed by atoms with E-state index in [2.05, 4.69) is 36.5 Å². The van der Waals surface area contributed by atoms with Gasteiger partial charge < -0.3 is 10.1 Å². The van der Waals surface area contributed by atoms with Gasteiger partial charge in [-0.2, -0.15) is 0 Å². The molecule has 0 fully saturated rings. The molecule has 3 heteroatoms. The number of nitrogens with one attached hydrogen (secondary N) is 1. The monoisotopic (exact) mass is 235 g/mol. The van der Waals surface area contributed by atoms with Crippen molar-refractivity contribution in [3.8, 4) is 0 Å². The first-order chi connectivity index (χ1) is 8.21. The molecule has 1 aromatic carbocycles. The van der Waals surface area contributed by atoms with Crippen LogP contribution in [0.2, 0.25) is 0 Å². The third-order valence-corrected chi connectivity index (χ3v) is 2.81. The number of rotatable bonds is 6. The second-order valence-electron chi connectivity index (χ2n) is 3.95. The number of benzene rings is 1. The molecule has 0 spiro atoms. The summed E-state index contributed by atoms with van der Waals surface area (Å²) < 4.78 is 4.96. The summed E-state index contributed by atoms with van der Waals surface area (Å²) in [6.07, 6.45) is 1.40. The minimum atomic E-state index is -0.161. The number of carbonyl (C=O) groups excluding carboxylic acids is 1. The smallest absolute Gasteiger partial charge is 0.307 e. The third-order valence-electron chi connectivity index (χ3n) is 2.81. The molecule has 0 heterocycles. The molecule has 0 radical (unpaired) electrons. The van der Waals surface area contributed by atoms with Crippen molar-refractivity contribution in [3.05, 3.63) is 35.4 Å². The zero-order valence-corrected chi connectivity index (χ0v) is 10.8. The fourth-order valence-corrected chi connectivity index (χ4v) is 1.76. The summed E-state index contributed by atoms with van der Waals surface area (Å²) in [5, 5.41) is 3.14. The van der Waals surface area contributed by atoms with Gasteiger partial charge in [0, 0.05) is 6.04 Å². The van der Waals surface area contributed by atoms with Crippen LogP contribution in [-0.4, -0.2) is 19.6 Å². The molecule has 0 amide bonds. The second kappa shape index (κ2) is 7.07. The van der Waals surface area contributed by atoms with E-state index in [0.29, 0.717) is 13.0 Å². The van der Waals surface area contributed by atoms with E-state index in [1.165, 1.54) is 5.56 Å². The number of ether oxygens (including phenoxy) is 1. The van der Waals surface area contributed by atoms with Crippen molar-refractivity contribution >= 4 is 5.97 Å². The van der Waals surface area contributed by atoms with E-state index >= 15 is 0 Å². The Morgan fingerprint density at radius 1 is 1.29 bits per heavy atom. The van der Waals surface area contributed by atoms with E-state index in [0.717, 1.165) is 12.0 Å². The van der Waals surface area contributed by atoms with Crippen LogP contribution >= 0.6 is 0 Å². The van der Waals surface area contributed by atoms with E-state index in [1.807, 2.05) is 14.0 Å². The molecule has 1 aromatic rings. The Morgan fingerprint density at radius 2 is 1.94 bits per heavy atom. The van der Waals surface area contributed by atoms with Crippen LogP contribution in [0.3, 0.4) is 0 Å². The molecular weight excluding hydrogens is 214 g/mol. The van der Waals surface area contributed by atoms with Gasteiger partial charge in [-0.15, -0.1) is 0 Å². The third kappa shape index (κ3) is 4.19. The Hall–Kier alpha value is -1.35. The summed E-state index contributed by atoms with van der Waals surface area (Å²) in [7, 11) is 1.86. The van der Waals surface area contributed by atoms with Gasteiger partial charge in [0.2, 0.25) is 0 Å². The molecule has 1 N–H and O–H groups in total. The van der Waals surface area contributed by atoms with Crippen molar-refractivity contribution in [1.29, 1.82) is 0 Å². The van der Waals surface area contributed by atoms with E-state index < -0.39 is 0 Å². The van der Waals surface area contributed by atoms with Crippen LogP contribution in [0.25, 0.3) is 0 Å². The van der Waals surface area contributed by atoms with E-state index in [1.54, 1.807) is 0 Å². The number of aryl methyl sites for hydroxylation is 1. The molecule has 0 saturated carbocycles. The minimum Gasteiger partial charge on any atom is -0.466 e. The van der Waals surface area contributed by atoms with Gasteiger partial charge >= 0.3 is 5.97 Å². The summed E-state index contributed by atoms with van der Waals surface area (Å²) in [5.74, 6) is -0.161. The highest BCUT2D eigenvalue weighted by molar-refractivity contribution is 5.70. The maximum absolute atomic E-state index is 11.4. The average molecular weight is 235 g/mol. The van der Waals surface area contributed by atoms with Crippen molar-refractivity contribution in [1.82, 2.24) is 5.32 Å². The normalized spacial score (nSPS) is 12.2. The lowest BCUT2D eigenvalue weighted by atomic mass is 10.0. The largest absolute Gasteiger partial charge is 0.466 e. The summed E-state index contributed by atoms with van der Waals surface area (Å²) in [6, 6.07) is 8.37. The Balaban J connectivity index is 2.68. The van der Waals surface area contributed by atoms with Gasteiger partial charge in [-0.3, -0.25) is 4.79 Å². The molecule has 0 bridgehead atoms. The van der Waals surface area contributed by atoms with Crippen LogP contribution in [0.4, 0.5) is 0 Å². The maximum Gasteiger partial charge on any atom is 0.307 e. The Kier molecular flexibility index (Phi) is 5.70. The van der Waals surface area contributed by atoms with Crippen molar-refractivity contribution in [2.45, 2.75) is 32.7 Å². The quantitative estimate of drug-likeness (QED) is 0.770. The van der Waals surface area contributed by atoms with Gasteiger partial charge in [-0.25, -0.2) is 0 Å². The summed E-state index contributed by atoms with van der Waals surface area (Å²) in [4.78, 5) is 11.4. The van der Waals surface area contributed by atoms with Crippen molar-refractivity contribution in [2.24, 2.45) is 0 Å². The van der Waals surface area contributed by atoms with Crippen LogP contribution in [0, 0.1) is 0 Å². The fraction of sp³-hybridized carbons (Fsp3) is 0.500. The zero-order valence-electron chi connectivity index (χ0n) is 10.8. The van der Waals surface area contributed by atoms with Crippen LogP contribution in [0.5, 0.6) is 0 Å². The lowest BCUT2D eigenvalue weighted by molar-refractivity contribution is -0.143. The number of carbonyl (C=O) groups is 1. The molecule has 0 aliphatic carbocycles. The van der Waals surface area contributed by atoms with Gasteiger partial charge in [0.25, 0.3) is 0 Å². The zero-order chi connectivity index (χ0) is 12.7. The van der Waals surface area contributed by atoms with Crippen molar-refractivity contribution < 1.29 is 9.53 Å². The molecule has 1 unspecified atom stereocenters. The van der Waals surface area contributed by atoms with Gasteiger partial charge in [0.05, 0.1) is 13.0 Å². The molecular formula is C14H21NO2. The molecule has 0 aromatic heterocycles. The molecule has 17 heavy (non-hydrogen) atoms. The first kappa shape index (κ1) is 13.7. The fourth-order valence-electron chi connectivity index (χ4n) is 1.76. The van der Waals surface area contributed by atoms with Crippen LogP contribution < -0.4 is 5.32 Å². The Labute approximate surface area is 103 Å². The molecule has 94 valence electrons. The highest BCUT2D eigenvalue weighted by Crippen LogP contribution is 2.17. The summed E-state index contributed by atoms with van der Waals surface area (Å²) >= 11 is 0. The second-order valence-corrected chi connectivity index (χ2v) is 3.95. The Morgan fingerprint density at radius 3 is 2.41 bits per heavy atom. The van der Waals surface area contributed by atoms with Crippen molar-refractivity contribution in [2.75, 3.05) is 13.7 Å². The standard InChI is InChI=1S/C14H21NO2/c1-4-11-6-8-12(9-7-11)13(15-3)10-14(16)17-5-2/h6-9,13,15H,4-5,10H2,1-3H3. The first-order valence-corrected chi connectivity index (χ1v) is 6.13. The van der Waals surface area contributed by atoms with E-state index in [9.17, 15) is 4.79 Å². The lowest BCUT2D eigenvalue weighted by Gasteiger charge is -2.16.